The van der Waals surface area contributed by atoms with Crippen molar-refractivity contribution >= 4 is 23.2 Å². The van der Waals surface area contributed by atoms with E-state index in [1.54, 1.807) is 12.1 Å². The Kier molecular flexibility index (Phi) is 6.73. The third-order valence-corrected chi connectivity index (χ3v) is 2.52. The minimum Gasteiger partial charge on any atom is -0.379 e. The molecule has 0 atom stereocenters. The predicted octanol–water partition coefficient (Wildman–Crippen LogP) is 2.82. The van der Waals surface area contributed by atoms with E-state index in [0.717, 1.165) is 0 Å². The van der Waals surface area contributed by atoms with E-state index in [4.69, 9.17) is 27.9 Å². The third-order valence-electron chi connectivity index (χ3n) is 2.01. The van der Waals surface area contributed by atoms with Gasteiger partial charge in [0.05, 0.1) is 13.2 Å². The maximum Gasteiger partial charge on any atom is 0.129 e. The average molecular weight is 266 g/mol. The lowest BCUT2D eigenvalue weighted by atomic mass is 10.2. The molecule has 0 spiro atoms. The molecule has 1 rings (SSSR count). The average Bonchev–Trinajstić information content (AvgIpc) is 2.26. The van der Waals surface area contributed by atoms with Crippen LogP contribution in [0.5, 0.6) is 0 Å². The highest BCUT2D eigenvalue weighted by molar-refractivity contribution is 6.31. The molecule has 1 aromatic rings. The van der Waals surface area contributed by atoms with Crippen molar-refractivity contribution in [1.82, 2.24) is 5.32 Å². The number of benzene rings is 1. The second-order valence-corrected chi connectivity index (χ2v) is 3.96. The molecule has 0 aromatic heterocycles. The second-order valence-electron chi connectivity index (χ2n) is 3.18. The van der Waals surface area contributed by atoms with Gasteiger partial charge in [0.15, 0.2) is 0 Å². The number of rotatable bonds is 7. The predicted molar refractivity (Wildman–Crippen MR) is 64.7 cm³/mol. The molecule has 0 unspecified atom stereocenters. The minimum absolute atomic E-state index is 0.290. The van der Waals surface area contributed by atoms with E-state index in [0.29, 0.717) is 42.8 Å². The highest BCUT2D eigenvalue weighted by Crippen LogP contribution is 2.18. The first kappa shape index (κ1) is 13.7. The molecule has 0 radical (unpaired) electrons. The summed E-state index contributed by atoms with van der Waals surface area (Å²) in [6.45, 7) is 2.12. The van der Waals surface area contributed by atoms with Crippen LogP contribution in [0.3, 0.4) is 0 Å². The maximum absolute atomic E-state index is 13.3. The van der Waals surface area contributed by atoms with Crippen LogP contribution in [-0.2, 0) is 11.3 Å². The summed E-state index contributed by atoms with van der Waals surface area (Å²) in [4.78, 5) is 0. The largest absolute Gasteiger partial charge is 0.379 e. The Morgan fingerprint density at radius 3 is 2.81 bits per heavy atom. The van der Waals surface area contributed by atoms with Crippen molar-refractivity contribution in [2.45, 2.75) is 6.54 Å². The van der Waals surface area contributed by atoms with Crippen LogP contribution < -0.4 is 5.32 Å². The van der Waals surface area contributed by atoms with Crippen LogP contribution in [0.15, 0.2) is 18.2 Å². The molecule has 0 saturated carbocycles. The fourth-order valence-corrected chi connectivity index (χ4v) is 1.55. The van der Waals surface area contributed by atoms with Crippen molar-refractivity contribution in [2.75, 3.05) is 25.6 Å². The SMILES string of the molecule is Fc1cccc(Cl)c1CNCCOCCCl. The first-order valence-corrected chi connectivity index (χ1v) is 5.94. The molecule has 2 nitrogen and oxygen atoms in total. The van der Waals surface area contributed by atoms with Gasteiger partial charge in [0, 0.05) is 29.6 Å². The Hall–Kier alpha value is -0.350. The Morgan fingerprint density at radius 1 is 1.31 bits per heavy atom. The van der Waals surface area contributed by atoms with Gasteiger partial charge in [-0.2, -0.15) is 0 Å². The molecule has 0 aliphatic carbocycles. The van der Waals surface area contributed by atoms with E-state index in [1.165, 1.54) is 6.07 Å². The third kappa shape index (κ3) is 4.66. The fourth-order valence-electron chi connectivity index (χ4n) is 1.22. The summed E-state index contributed by atoms with van der Waals surface area (Å²) in [6, 6.07) is 4.66. The first-order valence-electron chi connectivity index (χ1n) is 5.03. The van der Waals surface area contributed by atoms with Crippen molar-refractivity contribution in [3.63, 3.8) is 0 Å². The summed E-state index contributed by atoms with van der Waals surface area (Å²) in [5.41, 5.74) is 0.488. The van der Waals surface area contributed by atoms with E-state index in [9.17, 15) is 4.39 Å². The number of nitrogens with one attached hydrogen (secondary N) is 1. The number of ether oxygens (including phenoxy) is 1. The van der Waals surface area contributed by atoms with Gasteiger partial charge in [-0.3, -0.25) is 0 Å². The van der Waals surface area contributed by atoms with Gasteiger partial charge in [0.25, 0.3) is 0 Å². The summed E-state index contributed by atoms with van der Waals surface area (Å²) < 4.78 is 18.5. The van der Waals surface area contributed by atoms with Gasteiger partial charge in [-0.15, -0.1) is 11.6 Å². The Morgan fingerprint density at radius 2 is 2.12 bits per heavy atom. The van der Waals surface area contributed by atoms with E-state index >= 15 is 0 Å². The zero-order chi connectivity index (χ0) is 11.8. The van der Waals surface area contributed by atoms with Gasteiger partial charge in [-0.05, 0) is 12.1 Å². The Balaban J connectivity index is 2.26. The minimum atomic E-state index is -0.290. The van der Waals surface area contributed by atoms with E-state index in [2.05, 4.69) is 5.32 Å². The molecule has 1 aromatic carbocycles. The smallest absolute Gasteiger partial charge is 0.129 e. The van der Waals surface area contributed by atoms with Gasteiger partial charge in [-0.25, -0.2) is 4.39 Å². The van der Waals surface area contributed by atoms with Crippen LogP contribution in [0.25, 0.3) is 0 Å². The molecule has 16 heavy (non-hydrogen) atoms. The normalized spacial score (nSPS) is 10.7. The second kappa shape index (κ2) is 7.85. The fraction of sp³-hybridized carbons (Fsp3) is 0.455. The van der Waals surface area contributed by atoms with E-state index < -0.39 is 0 Å². The Labute approximate surface area is 105 Å². The van der Waals surface area contributed by atoms with Gasteiger partial charge in [0.1, 0.15) is 5.82 Å². The molecule has 0 amide bonds. The monoisotopic (exact) mass is 265 g/mol. The molecule has 0 aliphatic rings. The highest BCUT2D eigenvalue weighted by atomic mass is 35.5. The lowest BCUT2D eigenvalue weighted by Crippen LogP contribution is -2.20. The van der Waals surface area contributed by atoms with Crippen LogP contribution >= 0.6 is 23.2 Å². The lowest BCUT2D eigenvalue weighted by Gasteiger charge is -2.07. The Bertz CT molecular complexity index is 303. The standard InChI is InChI=1S/C11H14Cl2FNO/c12-4-6-16-7-5-15-8-9-10(13)2-1-3-11(9)14/h1-3,15H,4-8H2. The van der Waals surface area contributed by atoms with Gasteiger partial charge in [0.2, 0.25) is 0 Å². The summed E-state index contributed by atoms with van der Waals surface area (Å²) >= 11 is 11.3. The van der Waals surface area contributed by atoms with E-state index in [-0.39, 0.29) is 5.82 Å². The summed E-state index contributed by atoms with van der Waals surface area (Å²) in [5.74, 6) is 0.195. The topological polar surface area (TPSA) is 21.3 Å². The van der Waals surface area contributed by atoms with E-state index in [1.807, 2.05) is 0 Å². The van der Waals surface area contributed by atoms with Crippen LogP contribution in [0, 0.1) is 5.82 Å². The van der Waals surface area contributed by atoms with Crippen LogP contribution in [0.4, 0.5) is 4.39 Å². The summed E-state index contributed by atoms with van der Waals surface area (Å²) in [7, 11) is 0. The highest BCUT2D eigenvalue weighted by Gasteiger charge is 2.05. The molecule has 0 fully saturated rings. The van der Waals surface area contributed by atoms with Crippen molar-refractivity contribution in [1.29, 1.82) is 0 Å². The van der Waals surface area contributed by atoms with Crippen molar-refractivity contribution in [3.8, 4) is 0 Å². The summed E-state index contributed by atoms with van der Waals surface area (Å²) in [5, 5.41) is 3.49. The zero-order valence-corrected chi connectivity index (χ0v) is 10.3. The molecule has 90 valence electrons. The maximum atomic E-state index is 13.3. The van der Waals surface area contributed by atoms with Gasteiger partial charge < -0.3 is 10.1 Å². The molecular formula is C11H14Cl2FNO. The number of hydrogen-bond acceptors (Lipinski definition) is 2. The van der Waals surface area contributed by atoms with Crippen LogP contribution in [0.2, 0.25) is 5.02 Å². The number of halogens is 3. The molecule has 0 saturated heterocycles. The van der Waals surface area contributed by atoms with Gasteiger partial charge >= 0.3 is 0 Å². The molecule has 5 heteroatoms. The molecule has 1 N–H and O–H groups in total. The first-order chi connectivity index (χ1) is 7.75. The lowest BCUT2D eigenvalue weighted by molar-refractivity contribution is 0.150. The number of alkyl halides is 1. The molecular weight excluding hydrogens is 252 g/mol. The molecule has 0 bridgehead atoms. The van der Waals surface area contributed by atoms with Crippen LogP contribution in [-0.4, -0.2) is 25.6 Å². The van der Waals surface area contributed by atoms with Gasteiger partial charge in [-0.1, -0.05) is 17.7 Å². The molecule has 0 heterocycles. The summed E-state index contributed by atoms with van der Waals surface area (Å²) in [6.07, 6.45) is 0. The quantitative estimate of drug-likeness (QED) is 0.605. The van der Waals surface area contributed by atoms with Crippen molar-refractivity contribution in [2.24, 2.45) is 0 Å². The van der Waals surface area contributed by atoms with Crippen molar-refractivity contribution in [3.05, 3.63) is 34.6 Å². The number of hydrogen-bond donors (Lipinski definition) is 1. The zero-order valence-electron chi connectivity index (χ0n) is 8.81. The van der Waals surface area contributed by atoms with Crippen LogP contribution in [0.1, 0.15) is 5.56 Å². The van der Waals surface area contributed by atoms with Crippen molar-refractivity contribution < 1.29 is 9.13 Å². The molecule has 0 aliphatic heterocycles.